The number of H-pyrrole nitrogens is 1. The third kappa shape index (κ3) is 3.15. The maximum absolute atomic E-state index is 13.5. The van der Waals surface area contributed by atoms with E-state index in [1.54, 1.807) is 24.5 Å². The number of benzene rings is 1. The molecule has 2 N–H and O–H groups in total. The van der Waals surface area contributed by atoms with Gasteiger partial charge in [-0.1, -0.05) is 17.3 Å². The Kier molecular flexibility index (Phi) is 4.43. The number of nitrogens with one attached hydrogen (secondary N) is 2. The minimum atomic E-state index is -0.341. The molecule has 142 valence electrons. The average molecular weight is 378 g/mol. The second kappa shape index (κ2) is 6.92. The molecule has 0 saturated carbocycles. The van der Waals surface area contributed by atoms with Crippen molar-refractivity contribution in [3.05, 3.63) is 71.1 Å². The lowest BCUT2D eigenvalue weighted by atomic mass is 10.0. The van der Waals surface area contributed by atoms with Gasteiger partial charge in [0.2, 0.25) is 0 Å². The summed E-state index contributed by atoms with van der Waals surface area (Å²) in [7, 11) is 0. The third-order valence-electron chi connectivity index (χ3n) is 4.79. The molecule has 0 saturated heterocycles. The Hall–Kier alpha value is -3.48. The second-order valence-electron chi connectivity index (χ2n) is 6.77. The van der Waals surface area contributed by atoms with E-state index in [1.165, 1.54) is 12.1 Å². The molecular weight excluding hydrogens is 359 g/mol. The summed E-state index contributed by atoms with van der Waals surface area (Å²) >= 11 is 0. The fourth-order valence-electron chi connectivity index (χ4n) is 3.36. The summed E-state index contributed by atoms with van der Waals surface area (Å²) in [4.78, 5) is 20.3. The smallest absolute Gasteiger partial charge is 0.253 e. The van der Waals surface area contributed by atoms with Gasteiger partial charge in [0.05, 0.1) is 17.3 Å². The minimum absolute atomic E-state index is 0.263. The van der Waals surface area contributed by atoms with Gasteiger partial charge in [0.25, 0.3) is 5.91 Å². The third-order valence-corrected chi connectivity index (χ3v) is 4.79. The Balaban J connectivity index is 1.67. The minimum Gasteiger partial charge on any atom is -0.361 e. The predicted molar refractivity (Wildman–Crippen MR) is 103 cm³/mol. The van der Waals surface area contributed by atoms with Crippen LogP contribution in [0.1, 0.15) is 40.3 Å². The topological polar surface area (TPSA) is 83.8 Å². The normalized spacial score (nSPS) is 12.3. The first kappa shape index (κ1) is 17.9. The number of carbonyl (C=O) groups excluding carboxylic acids is 1. The Labute approximate surface area is 160 Å². The molecule has 0 aliphatic rings. The van der Waals surface area contributed by atoms with E-state index in [-0.39, 0.29) is 17.8 Å². The maximum atomic E-state index is 13.5. The van der Waals surface area contributed by atoms with E-state index in [9.17, 15) is 9.18 Å². The Bertz CT molecular complexity index is 1160. The molecule has 3 heterocycles. The molecule has 1 amide bonds. The molecule has 7 heteroatoms. The highest BCUT2D eigenvalue weighted by atomic mass is 19.1. The first-order valence-corrected chi connectivity index (χ1v) is 8.90. The highest BCUT2D eigenvalue weighted by Gasteiger charge is 2.18. The molecule has 1 atom stereocenters. The van der Waals surface area contributed by atoms with Crippen LogP contribution in [0.4, 0.5) is 4.39 Å². The van der Waals surface area contributed by atoms with Crippen molar-refractivity contribution in [1.82, 2.24) is 20.4 Å². The van der Waals surface area contributed by atoms with E-state index in [0.717, 1.165) is 16.8 Å². The molecule has 0 radical (unpaired) electrons. The van der Waals surface area contributed by atoms with Crippen LogP contribution in [0.25, 0.3) is 22.2 Å². The largest absolute Gasteiger partial charge is 0.361 e. The van der Waals surface area contributed by atoms with E-state index < -0.39 is 0 Å². The summed E-state index contributed by atoms with van der Waals surface area (Å²) in [5.74, 6) is 0.0969. The zero-order chi connectivity index (χ0) is 19.8. The number of halogens is 1. The van der Waals surface area contributed by atoms with Crippen LogP contribution < -0.4 is 5.32 Å². The van der Waals surface area contributed by atoms with Crippen molar-refractivity contribution in [2.75, 3.05) is 0 Å². The van der Waals surface area contributed by atoms with E-state index in [1.807, 2.05) is 26.8 Å². The van der Waals surface area contributed by atoms with Crippen LogP contribution in [0.5, 0.6) is 0 Å². The number of pyridine rings is 1. The summed E-state index contributed by atoms with van der Waals surface area (Å²) in [5, 5.41) is 7.58. The number of nitrogens with zero attached hydrogens (tertiary/aromatic N) is 2. The zero-order valence-corrected chi connectivity index (χ0v) is 15.7. The molecule has 1 aromatic carbocycles. The number of aryl methyl sites for hydroxylation is 2. The van der Waals surface area contributed by atoms with Gasteiger partial charge in [-0.15, -0.1) is 0 Å². The SMILES string of the molecule is Cc1noc(C)c1-c1cnc2[nH]cc(C(=O)NC(C)c3cccc(F)c3)c2c1. The van der Waals surface area contributed by atoms with E-state index in [4.69, 9.17) is 4.52 Å². The number of carbonyl (C=O) groups is 1. The van der Waals surface area contributed by atoms with Crippen molar-refractivity contribution in [2.24, 2.45) is 0 Å². The van der Waals surface area contributed by atoms with Crippen LogP contribution in [0.2, 0.25) is 0 Å². The van der Waals surface area contributed by atoms with E-state index in [0.29, 0.717) is 27.9 Å². The van der Waals surface area contributed by atoms with Crippen LogP contribution in [0, 0.1) is 19.7 Å². The first-order valence-electron chi connectivity index (χ1n) is 8.90. The highest BCUT2D eigenvalue weighted by molar-refractivity contribution is 6.06. The summed E-state index contributed by atoms with van der Waals surface area (Å²) in [5.41, 5.74) is 4.24. The van der Waals surface area contributed by atoms with Crippen molar-refractivity contribution >= 4 is 16.9 Å². The van der Waals surface area contributed by atoms with Crippen molar-refractivity contribution < 1.29 is 13.7 Å². The standard InChI is InChI=1S/C21H19FN4O2/c1-11(14-5-4-6-16(22)7-14)25-21(27)18-10-24-20-17(18)8-15(9-23-20)19-12(2)26-28-13(19)3/h4-11H,1-3H3,(H,23,24)(H,25,27). The van der Waals surface area contributed by atoms with Crippen LogP contribution >= 0.6 is 0 Å². The number of aromatic nitrogens is 3. The van der Waals surface area contributed by atoms with Crippen molar-refractivity contribution in [3.8, 4) is 11.1 Å². The molecule has 0 spiro atoms. The Morgan fingerprint density at radius 2 is 2.11 bits per heavy atom. The quantitative estimate of drug-likeness (QED) is 0.549. The van der Waals surface area contributed by atoms with Crippen LogP contribution in [0.15, 0.2) is 47.2 Å². The Morgan fingerprint density at radius 3 is 2.82 bits per heavy atom. The number of hydrogen-bond donors (Lipinski definition) is 2. The molecule has 28 heavy (non-hydrogen) atoms. The first-order chi connectivity index (χ1) is 13.4. The Morgan fingerprint density at radius 1 is 1.29 bits per heavy atom. The van der Waals surface area contributed by atoms with E-state index >= 15 is 0 Å². The molecule has 0 aliphatic heterocycles. The van der Waals surface area contributed by atoms with Gasteiger partial charge in [-0.05, 0) is 44.5 Å². The van der Waals surface area contributed by atoms with Gasteiger partial charge in [-0.3, -0.25) is 4.79 Å². The number of aromatic amines is 1. The van der Waals surface area contributed by atoms with Crippen LogP contribution in [-0.4, -0.2) is 21.0 Å². The second-order valence-corrected chi connectivity index (χ2v) is 6.77. The van der Waals surface area contributed by atoms with Crippen LogP contribution in [-0.2, 0) is 0 Å². The molecule has 6 nitrogen and oxygen atoms in total. The van der Waals surface area contributed by atoms with Crippen molar-refractivity contribution in [1.29, 1.82) is 0 Å². The number of hydrogen-bond acceptors (Lipinski definition) is 4. The van der Waals surface area contributed by atoms with Gasteiger partial charge in [0.15, 0.2) is 0 Å². The molecule has 4 aromatic rings. The average Bonchev–Trinajstić information content (AvgIpc) is 3.24. The van der Waals surface area contributed by atoms with Gasteiger partial charge in [-0.2, -0.15) is 0 Å². The molecule has 0 aliphatic carbocycles. The summed E-state index contributed by atoms with van der Waals surface area (Å²) in [6.07, 6.45) is 3.35. The highest BCUT2D eigenvalue weighted by Crippen LogP contribution is 2.29. The molecule has 0 bridgehead atoms. The summed E-state index contributed by atoms with van der Waals surface area (Å²) in [6, 6.07) is 7.75. The lowest BCUT2D eigenvalue weighted by Gasteiger charge is -2.14. The summed E-state index contributed by atoms with van der Waals surface area (Å²) < 4.78 is 18.7. The van der Waals surface area contributed by atoms with Crippen molar-refractivity contribution in [2.45, 2.75) is 26.8 Å². The lowest BCUT2D eigenvalue weighted by molar-refractivity contribution is 0.0941. The molecular formula is C21H19FN4O2. The fourth-order valence-corrected chi connectivity index (χ4v) is 3.36. The predicted octanol–water partition coefficient (Wildman–Crippen LogP) is 4.46. The zero-order valence-electron chi connectivity index (χ0n) is 15.7. The molecule has 1 unspecified atom stereocenters. The number of amides is 1. The van der Waals surface area contributed by atoms with Crippen molar-refractivity contribution in [3.63, 3.8) is 0 Å². The monoisotopic (exact) mass is 378 g/mol. The number of rotatable bonds is 4. The molecule has 4 rings (SSSR count). The van der Waals surface area contributed by atoms with Crippen LogP contribution in [0.3, 0.4) is 0 Å². The molecule has 0 fully saturated rings. The van der Waals surface area contributed by atoms with Gasteiger partial charge in [0, 0.05) is 28.9 Å². The molecule has 3 aromatic heterocycles. The maximum Gasteiger partial charge on any atom is 0.253 e. The van der Waals surface area contributed by atoms with Gasteiger partial charge < -0.3 is 14.8 Å². The fraction of sp³-hybridized carbons (Fsp3) is 0.190. The van der Waals surface area contributed by atoms with Gasteiger partial charge in [0.1, 0.15) is 17.2 Å². The summed E-state index contributed by atoms with van der Waals surface area (Å²) in [6.45, 7) is 5.52. The lowest BCUT2D eigenvalue weighted by Crippen LogP contribution is -2.26. The number of fused-ring (bicyclic) bond motifs is 1. The van der Waals surface area contributed by atoms with Gasteiger partial charge >= 0.3 is 0 Å². The van der Waals surface area contributed by atoms with Gasteiger partial charge in [-0.25, -0.2) is 9.37 Å². The van der Waals surface area contributed by atoms with E-state index in [2.05, 4.69) is 20.4 Å².